The molecule has 28 heavy (non-hydrogen) atoms. The summed E-state index contributed by atoms with van der Waals surface area (Å²) < 4.78 is 34.4. The van der Waals surface area contributed by atoms with Crippen molar-refractivity contribution in [1.29, 1.82) is 0 Å². The van der Waals surface area contributed by atoms with Crippen LogP contribution in [0.4, 0.5) is 8.78 Å². The molecule has 6 heteroatoms. The minimum absolute atomic E-state index is 0.0361. The third kappa shape index (κ3) is 4.57. The van der Waals surface area contributed by atoms with Crippen LogP contribution in [-0.4, -0.2) is 31.6 Å². The number of rotatable bonds is 7. The van der Waals surface area contributed by atoms with Crippen LogP contribution in [0.15, 0.2) is 60.7 Å². The molecule has 0 saturated carbocycles. The summed E-state index contributed by atoms with van der Waals surface area (Å²) in [6.45, 7) is -2.60. The van der Waals surface area contributed by atoms with Crippen molar-refractivity contribution in [3.05, 3.63) is 71.8 Å². The van der Waals surface area contributed by atoms with E-state index in [1.807, 2.05) is 42.5 Å². The van der Waals surface area contributed by atoms with Crippen LogP contribution in [0.3, 0.4) is 0 Å². The number of amides is 1. The first kappa shape index (κ1) is 19.6. The first-order valence-electron chi connectivity index (χ1n) is 8.80. The van der Waals surface area contributed by atoms with Gasteiger partial charge in [0.1, 0.15) is 0 Å². The molecule has 0 heterocycles. The minimum atomic E-state index is -2.93. The van der Waals surface area contributed by atoms with Crippen LogP contribution in [0.2, 0.25) is 0 Å². The molecule has 0 aromatic heterocycles. The van der Waals surface area contributed by atoms with Crippen molar-refractivity contribution < 1.29 is 23.0 Å². The topological polar surface area (TPSA) is 38.8 Å². The molecular weight excluding hydrogens is 364 g/mol. The van der Waals surface area contributed by atoms with Crippen LogP contribution >= 0.6 is 0 Å². The third-order valence-electron chi connectivity index (χ3n) is 4.51. The zero-order chi connectivity index (χ0) is 20.1. The lowest BCUT2D eigenvalue weighted by molar-refractivity contribution is -0.129. The number of carbonyl (C=O) groups is 1. The van der Waals surface area contributed by atoms with Gasteiger partial charge in [-0.05, 0) is 34.0 Å². The molecule has 1 amide bonds. The van der Waals surface area contributed by atoms with Crippen LogP contribution in [0.5, 0.6) is 11.5 Å². The van der Waals surface area contributed by atoms with Gasteiger partial charge in [0.15, 0.2) is 11.5 Å². The Morgan fingerprint density at radius 1 is 1.04 bits per heavy atom. The quantitative estimate of drug-likeness (QED) is 0.594. The Labute approximate surface area is 162 Å². The standard InChI is InChI=1S/C22H21F2NO3/c1-25(14-15-10-11-19(28-22(23)24)20(12-15)27-2)21(26)13-17-8-5-7-16-6-3-4-9-18(16)17/h3-12,22H,13-14H2,1-2H3. The fourth-order valence-electron chi connectivity index (χ4n) is 3.11. The number of halogens is 2. The number of hydrogen-bond acceptors (Lipinski definition) is 3. The molecule has 146 valence electrons. The summed E-state index contributed by atoms with van der Waals surface area (Å²) in [6, 6.07) is 18.5. The highest BCUT2D eigenvalue weighted by molar-refractivity contribution is 5.90. The number of alkyl halides is 2. The van der Waals surface area contributed by atoms with Crippen molar-refractivity contribution in [2.24, 2.45) is 0 Å². The second-order valence-corrected chi connectivity index (χ2v) is 6.43. The maximum Gasteiger partial charge on any atom is 0.387 e. The predicted octanol–water partition coefficient (Wildman–Crippen LogP) is 4.65. The number of carbonyl (C=O) groups excluding carboxylic acids is 1. The predicted molar refractivity (Wildman–Crippen MR) is 104 cm³/mol. The van der Waals surface area contributed by atoms with Gasteiger partial charge in [0.05, 0.1) is 13.5 Å². The molecule has 0 spiro atoms. The molecule has 0 unspecified atom stereocenters. The van der Waals surface area contributed by atoms with Gasteiger partial charge in [-0.2, -0.15) is 8.78 Å². The van der Waals surface area contributed by atoms with E-state index in [0.29, 0.717) is 6.54 Å². The summed E-state index contributed by atoms with van der Waals surface area (Å²) in [6.07, 6.45) is 0.279. The van der Waals surface area contributed by atoms with E-state index in [2.05, 4.69) is 4.74 Å². The first-order chi connectivity index (χ1) is 13.5. The molecule has 0 fully saturated rings. The Hall–Kier alpha value is -3.15. The molecule has 0 aliphatic rings. The van der Waals surface area contributed by atoms with Crippen molar-refractivity contribution in [3.63, 3.8) is 0 Å². The van der Waals surface area contributed by atoms with E-state index >= 15 is 0 Å². The zero-order valence-corrected chi connectivity index (χ0v) is 15.7. The summed E-state index contributed by atoms with van der Waals surface area (Å²) in [5.41, 5.74) is 1.72. The zero-order valence-electron chi connectivity index (χ0n) is 15.7. The van der Waals surface area contributed by atoms with E-state index in [4.69, 9.17) is 4.74 Å². The van der Waals surface area contributed by atoms with Gasteiger partial charge in [-0.15, -0.1) is 0 Å². The Bertz CT molecular complexity index is 970. The average molecular weight is 385 g/mol. The van der Waals surface area contributed by atoms with E-state index in [9.17, 15) is 13.6 Å². The number of hydrogen-bond donors (Lipinski definition) is 0. The average Bonchev–Trinajstić information content (AvgIpc) is 2.69. The van der Waals surface area contributed by atoms with Crippen molar-refractivity contribution >= 4 is 16.7 Å². The summed E-state index contributed by atoms with van der Waals surface area (Å²) in [5.74, 6) is 0.127. The van der Waals surface area contributed by atoms with Crippen molar-refractivity contribution in [2.45, 2.75) is 19.6 Å². The molecule has 3 aromatic carbocycles. The highest BCUT2D eigenvalue weighted by atomic mass is 19.3. The number of nitrogens with zero attached hydrogens (tertiary/aromatic N) is 1. The van der Waals surface area contributed by atoms with Gasteiger partial charge in [-0.25, -0.2) is 0 Å². The Morgan fingerprint density at radius 2 is 1.79 bits per heavy atom. The highest BCUT2D eigenvalue weighted by Gasteiger charge is 2.15. The monoisotopic (exact) mass is 385 g/mol. The van der Waals surface area contributed by atoms with Crippen molar-refractivity contribution in [1.82, 2.24) is 4.90 Å². The molecule has 0 aliphatic carbocycles. The number of fused-ring (bicyclic) bond motifs is 1. The minimum Gasteiger partial charge on any atom is -0.493 e. The Balaban J connectivity index is 1.72. The maximum atomic E-state index is 12.7. The van der Waals surface area contributed by atoms with Crippen LogP contribution < -0.4 is 9.47 Å². The van der Waals surface area contributed by atoms with E-state index in [-0.39, 0.29) is 23.8 Å². The van der Waals surface area contributed by atoms with E-state index in [0.717, 1.165) is 21.9 Å². The molecule has 4 nitrogen and oxygen atoms in total. The van der Waals surface area contributed by atoms with Gasteiger partial charge >= 0.3 is 6.61 Å². The normalized spacial score (nSPS) is 10.9. The number of methoxy groups -OCH3 is 1. The fourth-order valence-corrected chi connectivity index (χ4v) is 3.11. The molecule has 0 radical (unpaired) electrons. The van der Waals surface area contributed by atoms with Crippen LogP contribution in [0.1, 0.15) is 11.1 Å². The smallest absolute Gasteiger partial charge is 0.387 e. The summed E-state index contributed by atoms with van der Waals surface area (Å²) in [4.78, 5) is 14.3. The van der Waals surface area contributed by atoms with Crippen LogP contribution in [0, 0.1) is 0 Å². The van der Waals surface area contributed by atoms with Gasteiger partial charge < -0.3 is 14.4 Å². The number of likely N-dealkylation sites (N-methyl/N-ethyl adjacent to an activating group) is 1. The molecule has 3 aromatic rings. The van der Waals surface area contributed by atoms with Crippen LogP contribution in [-0.2, 0) is 17.8 Å². The Kier molecular flexibility index (Phi) is 6.09. The molecule has 0 bridgehead atoms. The summed E-state index contributed by atoms with van der Waals surface area (Å²) in [7, 11) is 3.09. The fraction of sp³-hybridized carbons (Fsp3) is 0.227. The first-order valence-corrected chi connectivity index (χ1v) is 8.80. The van der Waals surface area contributed by atoms with E-state index in [1.54, 1.807) is 24.1 Å². The molecule has 0 N–H and O–H groups in total. The van der Waals surface area contributed by atoms with Crippen molar-refractivity contribution in [3.8, 4) is 11.5 Å². The number of ether oxygens (including phenoxy) is 2. The second kappa shape index (κ2) is 8.69. The second-order valence-electron chi connectivity index (χ2n) is 6.43. The SMILES string of the molecule is COc1cc(CN(C)C(=O)Cc2cccc3ccccc23)ccc1OC(F)F. The van der Waals surface area contributed by atoms with Gasteiger partial charge in [0, 0.05) is 13.6 Å². The van der Waals surface area contributed by atoms with E-state index < -0.39 is 6.61 Å². The lowest BCUT2D eigenvalue weighted by atomic mass is 10.0. The summed E-state index contributed by atoms with van der Waals surface area (Å²) in [5, 5.41) is 2.15. The molecule has 3 rings (SSSR count). The lowest BCUT2D eigenvalue weighted by Crippen LogP contribution is -2.27. The number of benzene rings is 3. The van der Waals surface area contributed by atoms with Gasteiger partial charge in [0.25, 0.3) is 0 Å². The summed E-state index contributed by atoms with van der Waals surface area (Å²) >= 11 is 0. The molecular formula is C22H21F2NO3. The largest absolute Gasteiger partial charge is 0.493 e. The highest BCUT2D eigenvalue weighted by Crippen LogP contribution is 2.30. The van der Waals surface area contributed by atoms with Crippen molar-refractivity contribution in [2.75, 3.05) is 14.2 Å². The molecule has 0 saturated heterocycles. The maximum absolute atomic E-state index is 12.7. The third-order valence-corrected chi connectivity index (χ3v) is 4.51. The molecule has 0 atom stereocenters. The molecule has 0 aliphatic heterocycles. The Morgan fingerprint density at radius 3 is 2.54 bits per heavy atom. The van der Waals surface area contributed by atoms with Gasteiger partial charge in [-0.1, -0.05) is 48.5 Å². The van der Waals surface area contributed by atoms with Gasteiger partial charge in [-0.3, -0.25) is 4.79 Å². The lowest BCUT2D eigenvalue weighted by Gasteiger charge is -2.19. The van der Waals surface area contributed by atoms with Crippen LogP contribution in [0.25, 0.3) is 10.8 Å². The van der Waals surface area contributed by atoms with Gasteiger partial charge in [0.2, 0.25) is 5.91 Å². The van der Waals surface area contributed by atoms with E-state index in [1.165, 1.54) is 13.2 Å².